The zero-order valence-corrected chi connectivity index (χ0v) is 11.3. The first kappa shape index (κ1) is 14.2. The van der Waals surface area contributed by atoms with Crippen molar-refractivity contribution in [1.82, 2.24) is 0 Å². The number of carbonyl (C=O) groups excluding carboxylic acids is 1. The van der Waals surface area contributed by atoms with E-state index in [0.29, 0.717) is 17.0 Å². The summed E-state index contributed by atoms with van der Waals surface area (Å²) in [7, 11) is 0. The second-order valence-corrected chi connectivity index (χ2v) is 4.89. The number of anilines is 1. The van der Waals surface area contributed by atoms with Crippen LogP contribution in [-0.2, 0) is 0 Å². The van der Waals surface area contributed by atoms with Gasteiger partial charge in [-0.25, -0.2) is 0 Å². The fourth-order valence-corrected chi connectivity index (χ4v) is 1.74. The monoisotopic (exact) mass is 244 g/mol. The Labute approximate surface area is 109 Å². The third kappa shape index (κ3) is 4.21. The molecule has 0 amide bonds. The van der Waals surface area contributed by atoms with Crippen LogP contribution in [0.3, 0.4) is 0 Å². The van der Waals surface area contributed by atoms with Gasteiger partial charge in [0.1, 0.15) is 6.07 Å². The van der Waals surface area contributed by atoms with E-state index in [1.165, 1.54) is 6.92 Å². The zero-order valence-electron chi connectivity index (χ0n) is 11.3. The Morgan fingerprint density at radius 1 is 1.44 bits per heavy atom. The van der Waals surface area contributed by atoms with Gasteiger partial charge in [0.05, 0.1) is 11.3 Å². The van der Waals surface area contributed by atoms with Crippen LogP contribution in [0, 0.1) is 17.2 Å². The van der Waals surface area contributed by atoms with Crippen LogP contribution >= 0.6 is 0 Å². The quantitative estimate of drug-likeness (QED) is 0.614. The number of ketones is 1. The van der Waals surface area contributed by atoms with Crippen LogP contribution in [-0.4, -0.2) is 12.3 Å². The molecule has 0 fully saturated rings. The first-order valence-corrected chi connectivity index (χ1v) is 6.33. The number of Topliss-reactive ketones (excluding diaryl/α,β-unsaturated/α-hetero) is 1. The molecule has 0 saturated carbocycles. The van der Waals surface area contributed by atoms with Crippen molar-refractivity contribution in [2.45, 2.75) is 33.6 Å². The maximum Gasteiger partial charge on any atom is 0.159 e. The third-order valence-corrected chi connectivity index (χ3v) is 2.82. The van der Waals surface area contributed by atoms with E-state index in [2.05, 4.69) is 25.2 Å². The molecule has 0 radical (unpaired) electrons. The van der Waals surface area contributed by atoms with Crippen LogP contribution in [0.4, 0.5) is 5.69 Å². The lowest BCUT2D eigenvalue weighted by molar-refractivity contribution is 0.101. The van der Waals surface area contributed by atoms with Crippen molar-refractivity contribution in [2.75, 3.05) is 11.9 Å². The molecule has 0 aliphatic rings. The van der Waals surface area contributed by atoms with E-state index >= 15 is 0 Å². The maximum absolute atomic E-state index is 11.3. The van der Waals surface area contributed by atoms with Gasteiger partial charge >= 0.3 is 0 Å². The van der Waals surface area contributed by atoms with Crippen molar-refractivity contribution >= 4 is 11.5 Å². The molecule has 1 aromatic carbocycles. The highest BCUT2D eigenvalue weighted by Crippen LogP contribution is 2.18. The van der Waals surface area contributed by atoms with Crippen molar-refractivity contribution < 1.29 is 4.79 Å². The van der Waals surface area contributed by atoms with E-state index in [1.54, 1.807) is 18.2 Å². The number of nitrogens with zero attached hydrogens (tertiary/aromatic N) is 1. The molecule has 96 valence electrons. The van der Waals surface area contributed by atoms with Gasteiger partial charge in [0.25, 0.3) is 0 Å². The second-order valence-electron chi connectivity index (χ2n) is 4.89. The lowest BCUT2D eigenvalue weighted by Crippen LogP contribution is -2.06. The molecule has 0 bridgehead atoms. The summed E-state index contributed by atoms with van der Waals surface area (Å²) in [5.74, 6) is 0.704. The van der Waals surface area contributed by atoms with Gasteiger partial charge in [0.15, 0.2) is 5.78 Å². The van der Waals surface area contributed by atoms with Crippen LogP contribution in [0.5, 0.6) is 0 Å². The smallest absolute Gasteiger partial charge is 0.159 e. The SMILES string of the molecule is CC(=O)c1ccc(C#N)c(NCCCC(C)C)c1. The Morgan fingerprint density at radius 2 is 2.17 bits per heavy atom. The Kier molecular flexibility index (Phi) is 5.38. The molecule has 0 aromatic heterocycles. The fourth-order valence-electron chi connectivity index (χ4n) is 1.74. The molecule has 18 heavy (non-hydrogen) atoms. The average Bonchev–Trinajstić information content (AvgIpc) is 2.34. The van der Waals surface area contributed by atoms with E-state index in [1.807, 2.05) is 0 Å². The lowest BCUT2D eigenvalue weighted by atomic mass is 10.1. The van der Waals surface area contributed by atoms with Crippen molar-refractivity contribution in [3.63, 3.8) is 0 Å². The summed E-state index contributed by atoms with van der Waals surface area (Å²) < 4.78 is 0. The first-order chi connectivity index (χ1) is 8.54. The van der Waals surface area contributed by atoms with Gasteiger partial charge in [-0.2, -0.15) is 5.26 Å². The summed E-state index contributed by atoms with van der Waals surface area (Å²) in [6.07, 6.45) is 2.22. The number of nitrogens with one attached hydrogen (secondary N) is 1. The fraction of sp³-hybridized carbons (Fsp3) is 0.467. The number of carbonyl (C=O) groups is 1. The molecule has 1 aromatic rings. The van der Waals surface area contributed by atoms with E-state index < -0.39 is 0 Å². The molecule has 1 rings (SSSR count). The highest BCUT2D eigenvalue weighted by atomic mass is 16.1. The van der Waals surface area contributed by atoms with Gasteiger partial charge in [0, 0.05) is 12.1 Å². The van der Waals surface area contributed by atoms with E-state index in [4.69, 9.17) is 5.26 Å². The predicted molar refractivity (Wildman–Crippen MR) is 73.7 cm³/mol. The average molecular weight is 244 g/mol. The summed E-state index contributed by atoms with van der Waals surface area (Å²) in [4.78, 5) is 11.3. The van der Waals surface area contributed by atoms with Gasteiger partial charge in [-0.05, 0) is 43.9 Å². The van der Waals surface area contributed by atoms with E-state index in [9.17, 15) is 4.79 Å². The van der Waals surface area contributed by atoms with Gasteiger partial charge in [-0.1, -0.05) is 13.8 Å². The number of benzene rings is 1. The molecule has 0 unspecified atom stereocenters. The third-order valence-electron chi connectivity index (χ3n) is 2.82. The molecule has 3 heteroatoms. The largest absolute Gasteiger partial charge is 0.384 e. The Balaban J connectivity index is 2.70. The number of hydrogen-bond acceptors (Lipinski definition) is 3. The van der Waals surface area contributed by atoms with E-state index in [0.717, 1.165) is 25.1 Å². The normalized spacial score (nSPS) is 10.2. The van der Waals surface area contributed by atoms with Gasteiger partial charge in [0.2, 0.25) is 0 Å². The van der Waals surface area contributed by atoms with E-state index in [-0.39, 0.29) is 5.78 Å². The van der Waals surface area contributed by atoms with Crippen LogP contribution in [0.25, 0.3) is 0 Å². The number of rotatable bonds is 6. The Morgan fingerprint density at radius 3 is 2.72 bits per heavy atom. The minimum absolute atomic E-state index is 0.0183. The molecular weight excluding hydrogens is 224 g/mol. The number of nitriles is 1. The molecular formula is C15H20N2O. The Hall–Kier alpha value is -1.82. The van der Waals surface area contributed by atoms with Crippen LogP contribution in [0.1, 0.15) is 49.5 Å². The standard InChI is InChI=1S/C15H20N2O/c1-11(2)5-4-8-17-15-9-13(12(3)18)6-7-14(15)10-16/h6-7,9,11,17H,4-5,8H2,1-3H3. The molecule has 1 N–H and O–H groups in total. The van der Waals surface area contributed by atoms with Gasteiger partial charge in [-0.3, -0.25) is 4.79 Å². The van der Waals surface area contributed by atoms with Crippen molar-refractivity contribution in [2.24, 2.45) is 5.92 Å². The van der Waals surface area contributed by atoms with Crippen molar-refractivity contribution in [3.05, 3.63) is 29.3 Å². The molecule has 0 aliphatic carbocycles. The van der Waals surface area contributed by atoms with Gasteiger partial charge in [-0.15, -0.1) is 0 Å². The molecule has 0 saturated heterocycles. The highest BCUT2D eigenvalue weighted by Gasteiger charge is 2.06. The zero-order chi connectivity index (χ0) is 13.5. The van der Waals surface area contributed by atoms with Crippen LogP contribution in [0.15, 0.2) is 18.2 Å². The molecule has 0 spiro atoms. The summed E-state index contributed by atoms with van der Waals surface area (Å²) in [6.45, 7) is 6.74. The lowest BCUT2D eigenvalue weighted by Gasteiger charge is -2.10. The van der Waals surface area contributed by atoms with Gasteiger partial charge < -0.3 is 5.32 Å². The minimum Gasteiger partial charge on any atom is -0.384 e. The summed E-state index contributed by atoms with van der Waals surface area (Å²) in [5.41, 5.74) is 1.99. The highest BCUT2D eigenvalue weighted by molar-refractivity contribution is 5.95. The second kappa shape index (κ2) is 6.80. The van der Waals surface area contributed by atoms with Crippen LogP contribution in [0.2, 0.25) is 0 Å². The predicted octanol–water partition coefficient (Wildman–Crippen LogP) is 3.61. The Bertz CT molecular complexity index is 458. The summed E-state index contributed by atoms with van der Waals surface area (Å²) >= 11 is 0. The van der Waals surface area contributed by atoms with Crippen molar-refractivity contribution in [3.8, 4) is 6.07 Å². The molecule has 0 heterocycles. The van der Waals surface area contributed by atoms with Crippen molar-refractivity contribution in [1.29, 1.82) is 5.26 Å². The van der Waals surface area contributed by atoms with Crippen LogP contribution < -0.4 is 5.32 Å². The molecule has 0 aliphatic heterocycles. The molecule has 3 nitrogen and oxygen atoms in total. The maximum atomic E-state index is 11.3. The number of hydrogen-bond donors (Lipinski definition) is 1. The first-order valence-electron chi connectivity index (χ1n) is 6.33. The minimum atomic E-state index is 0.0183. The molecule has 0 atom stereocenters. The summed E-state index contributed by atoms with van der Waals surface area (Å²) in [5, 5.41) is 12.3. The summed E-state index contributed by atoms with van der Waals surface area (Å²) in [6, 6.07) is 7.29. The topological polar surface area (TPSA) is 52.9 Å².